The summed E-state index contributed by atoms with van der Waals surface area (Å²) in [4.78, 5) is 33.6. The first-order valence-corrected chi connectivity index (χ1v) is 7.49. The fourth-order valence-electron chi connectivity index (χ4n) is 2.23. The molecule has 0 aromatic heterocycles. The number of rotatable bonds is 7. The summed E-state index contributed by atoms with van der Waals surface area (Å²) < 4.78 is 0. The Morgan fingerprint density at radius 3 is 2.28 bits per heavy atom. The molecule has 2 aromatic carbocycles. The van der Waals surface area contributed by atoms with Gasteiger partial charge in [0.05, 0.1) is 11.6 Å². The predicted octanol–water partition coefficient (Wildman–Crippen LogP) is 3.48. The number of carbonyl (C=O) groups is 2. The van der Waals surface area contributed by atoms with Crippen LogP contribution in [-0.4, -0.2) is 17.0 Å². The lowest BCUT2D eigenvalue weighted by Gasteiger charge is -2.10. The van der Waals surface area contributed by atoms with Crippen LogP contribution in [0.2, 0.25) is 0 Å². The molecule has 0 saturated heterocycles. The maximum absolute atomic E-state index is 12.1. The fourth-order valence-corrected chi connectivity index (χ4v) is 2.23. The third kappa shape index (κ3) is 4.97. The Hall–Kier alpha value is -3.53. The lowest BCUT2D eigenvalue weighted by molar-refractivity contribution is -0.137. The largest absolute Gasteiger partial charge is 0.481 e. The van der Waals surface area contributed by atoms with Gasteiger partial charge in [0.2, 0.25) is 0 Å². The highest BCUT2D eigenvalue weighted by atomic mass is 16.4. The number of amides is 1. The Morgan fingerprint density at radius 1 is 1.12 bits per heavy atom. The molecule has 0 aliphatic heterocycles. The van der Waals surface area contributed by atoms with Crippen molar-refractivity contribution in [3.8, 4) is 6.07 Å². The van der Waals surface area contributed by atoms with Gasteiger partial charge in [-0.1, -0.05) is 17.3 Å². The number of carbonyl (C=O) groups excluding carboxylic acids is 1. The molecule has 2 rings (SSSR count). The second-order valence-corrected chi connectivity index (χ2v) is 5.32. The number of nitrogens with zero attached hydrogens (tertiary/aromatic N) is 2. The van der Waals surface area contributed by atoms with Gasteiger partial charge < -0.3 is 10.4 Å². The first-order valence-electron chi connectivity index (χ1n) is 7.49. The molecule has 0 radical (unpaired) electrons. The van der Waals surface area contributed by atoms with Crippen LogP contribution in [0.25, 0.3) is 0 Å². The lowest BCUT2D eigenvalue weighted by Crippen LogP contribution is -2.11. The summed E-state index contributed by atoms with van der Waals surface area (Å²) in [5, 5.41) is 23.1. The van der Waals surface area contributed by atoms with E-state index < -0.39 is 12.0 Å². The van der Waals surface area contributed by atoms with Gasteiger partial charge in [0.25, 0.3) is 5.91 Å². The maximum atomic E-state index is 12.1. The minimum absolute atomic E-state index is 0.121. The molecule has 0 heterocycles. The van der Waals surface area contributed by atoms with Gasteiger partial charge in [-0.05, 0) is 48.4 Å². The van der Waals surface area contributed by atoms with Gasteiger partial charge >= 0.3 is 5.97 Å². The van der Waals surface area contributed by atoms with Crippen LogP contribution in [0.5, 0.6) is 0 Å². The standard InChI is InChI=1S/C18H15N3O4/c19-11-12-1-3-14(4-2-12)18(24)20-15-7-5-13(6-8-15)16(21-25)9-10-17(22)23/h1-8,16H,9-10H2,(H,20,24)(H,22,23). The average molecular weight is 337 g/mol. The van der Waals surface area contributed by atoms with E-state index in [1.54, 1.807) is 48.5 Å². The van der Waals surface area contributed by atoms with Gasteiger partial charge in [-0.25, -0.2) is 0 Å². The fraction of sp³-hybridized carbons (Fsp3) is 0.167. The first-order chi connectivity index (χ1) is 12.0. The summed E-state index contributed by atoms with van der Waals surface area (Å²) in [7, 11) is 0. The van der Waals surface area contributed by atoms with E-state index >= 15 is 0 Å². The highest BCUT2D eigenvalue weighted by molar-refractivity contribution is 6.04. The SMILES string of the molecule is N#Cc1ccc(C(=O)Nc2ccc(C(CCC(=O)O)N=O)cc2)cc1. The van der Waals surface area contributed by atoms with Crippen molar-refractivity contribution in [2.45, 2.75) is 18.9 Å². The number of benzene rings is 2. The Morgan fingerprint density at radius 2 is 1.76 bits per heavy atom. The predicted molar refractivity (Wildman–Crippen MR) is 91.0 cm³/mol. The topological polar surface area (TPSA) is 120 Å². The van der Waals surface area contributed by atoms with Crippen molar-refractivity contribution in [3.63, 3.8) is 0 Å². The zero-order valence-electron chi connectivity index (χ0n) is 13.2. The van der Waals surface area contributed by atoms with Gasteiger partial charge in [-0.15, -0.1) is 0 Å². The third-order valence-electron chi connectivity index (χ3n) is 3.59. The van der Waals surface area contributed by atoms with Gasteiger partial charge in [-0.2, -0.15) is 10.2 Å². The van der Waals surface area contributed by atoms with Crippen molar-refractivity contribution in [3.05, 3.63) is 70.1 Å². The lowest BCUT2D eigenvalue weighted by atomic mass is 10.0. The molecule has 0 bridgehead atoms. The van der Waals surface area contributed by atoms with Crippen molar-refractivity contribution in [1.29, 1.82) is 5.26 Å². The number of aliphatic carboxylic acids is 1. The zero-order chi connectivity index (χ0) is 18.2. The molecule has 7 heteroatoms. The smallest absolute Gasteiger partial charge is 0.303 e. The molecular weight excluding hydrogens is 322 g/mol. The van der Waals surface area contributed by atoms with Gasteiger partial charge in [0.1, 0.15) is 6.04 Å². The second kappa shape index (κ2) is 8.36. The molecule has 0 aliphatic rings. The summed E-state index contributed by atoms with van der Waals surface area (Å²) in [5.74, 6) is -1.31. The molecule has 0 fully saturated rings. The molecule has 0 spiro atoms. The molecule has 25 heavy (non-hydrogen) atoms. The minimum Gasteiger partial charge on any atom is -0.481 e. The molecule has 2 N–H and O–H groups in total. The monoisotopic (exact) mass is 337 g/mol. The molecule has 1 amide bonds. The number of hydrogen-bond acceptors (Lipinski definition) is 5. The van der Waals surface area contributed by atoms with Crippen molar-refractivity contribution in [2.75, 3.05) is 5.32 Å². The van der Waals surface area contributed by atoms with E-state index in [4.69, 9.17) is 10.4 Å². The van der Waals surface area contributed by atoms with Crippen LogP contribution in [0.4, 0.5) is 5.69 Å². The van der Waals surface area contributed by atoms with Gasteiger partial charge in [0.15, 0.2) is 0 Å². The number of carboxylic acids is 1. The summed E-state index contributed by atoms with van der Waals surface area (Å²) in [5.41, 5.74) is 2.00. The Labute approximate surface area is 143 Å². The van der Waals surface area contributed by atoms with E-state index in [-0.39, 0.29) is 18.7 Å². The van der Waals surface area contributed by atoms with Crippen LogP contribution >= 0.6 is 0 Å². The van der Waals surface area contributed by atoms with Crippen LogP contribution in [0.1, 0.15) is 40.4 Å². The van der Waals surface area contributed by atoms with Crippen LogP contribution < -0.4 is 5.32 Å². The molecular formula is C18H15N3O4. The number of anilines is 1. The van der Waals surface area contributed by atoms with Crippen LogP contribution in [0.3, 0.4) is 0 Å². The van der Waals surface area contributed by atoms with Crippen LogP contribution in [0.15, 0.2) is 53.7 Å². The van der Waals surface area contributed by atoms with Crippen molar-refractivity contribution in [1.82, 2.24) is 0 Å². The number of nitriles is 1. The highest BCUT2D eigenvalue weighted by Crippen LogP contribution is 2.24. The quantitative estimate of drug-likeness (QED) is 0.749. The minimum atomic E-state index is -0.986. The summed E-state index contributed by atoms with van der Waals surface area (Å²) >= 11 is 0. The number of carboxylic acid groups (broad SMARTS) is 1. The Balaban J connectivity index is 2.03. The van der Waals surface area contributed by atoms with Crippen LogP contribution in [-0.2, 0) is 4.79 Å². The molecule has 0 aliphatic carbocycles. The highest BCUT2D eigenvalue weighted by Gasteiger charge is 2.14. The number of hydrogen-bond donors (Lipinski definition) is 2. The Kier molecular flexibility index (Phi) is 5.96. The normalized spacial score (nSPS) is 11.2. The van der Waals surface area contributed by atoms with Crippen molar-refractivity contribution in [2.24, 2.45) is 5.18 Å². The van der Waals surface area contributed by atoms with E-state index in [0.29, 0.717) is 22.4 Å². The molecule has 2 aromatic rings. The average Bonchev–Trinajstić information content (AvgIpc) is 2.63. The first kappa shape index (κ1) is 17.8. The maximum Gasteiger partial charge on any atom is 0.303 e. The molecule has 126 valence electrons. The number of nitrogens with one attached hydrogen (secondary N) is 1. The molecule has 0 saturated carbocycles. The second-order valence-electron chi connectivity index (χ2n) is 5.32. The Bertz CT molecular complexity index is 808. The number of nitroso groups, excluding NO2 is 1. The van der Waals surface area contributed by atoms with Gasteiger partial charge in [0, 0.05) is 17.7 Å². The summed E-state index contributed by atoms with van der Waals surface area (Å²) in [6.45, 7) is 0. The summed E-state index contributed by atoms with van der Waals surface area (Å²) in [6, 6.07) is 14.0. The van der Waals surface area contributed by atoms with E-state index in [9.17, 15) is 14.5 Å². The van der Waals surface area contributed by atoms with Crippen LogP contribution in [0, 0.1) is 16.2 Å². The van der Waals surface area contributed by atoms with Gasteiger partial charge in [-0.3, -0.25) is 9.59 Å². The molecule has 7 nitrogen and oxygen atoms in total. The zero-order valence-corrected chi connectivity index (χ0v) is 13.2. The van der Waals surface area contributed by atoms with E-state index in [2.05, 4.69) is 10.5 Å². The molecule has 1 atom stereocenters. The third-order valence-corrected chi connectivity index (χ3v) is 3.59. The van der Waals surface area contributed by atoms with E-state index in [1.807, 2.05) is 6.07 Å². The van der Waals surface area contributed by atoms with E-state index in [1.165, 1.54) is 0 Å². The summed E-state index contributed by atoms with van der Waals surface area (Å²) in [6.07, 6.45) is -0.0244. The van der Waals surface area contributed by atoms with Crippen molar-refractivity contribution < 1.29 is 14.7 Å². The van der Waals surface area contributed by atoms with Crippen molar-refractivity contribution >= 4 is 17.6 Å². The van der Waals surface area contributed by atoms with E-state index in [0.717, 1.165) is 0 Å². The molecule has 1 unspecified atom stereocenters.